The quantitative estimate of drug-likeness (QED) is 0.659. The molecule has 1 amide bonds. The van der Waals surface area contributed by atoms with E-state index < -0.39 is 6.09 Å². The maximum absolute atomic E-state index is 12.7. The Balaban J connectivity index is 1.84. The van der Waals surface area contributed by atoms with Crippen molar-refractivity contribution in [3.8, 4) is 5.75 Å². The van der Waals surface area contributed by atoms with E-state index in [1.807, 2.05) is 12.1 Å². The van der Waals surface area contributed by atoms with E-state index in [1.54, 1.807) is 54.6 Å². The number of carbonyl (C=O) groups is 2. The van der Waals surface area contributed by atoms with Crippen LogP contribution >= 0.6 is 11.6 Å². The van der Waals surface area contributed by atoms with Crippen molar-refractivity contribution in [3.63, 3.8) is 0 Å². The maximum Gasteiger partial charge on any atom is 0.417 e. The molecule has 3 aromatic carbocycles. The molecule has 0 aromatic heterocycles. The fourth-order valence-electron chi connectivity index (χ4n) is 2.28. The Kier molecular flexibility index (Phi) is 5.11. The lowest BCUT2D eigenvalue weighted by molar-refractivity contribution is 0.103. The third-order valence-corrected chi connectivity index (χ3v) is 3.68. The Labute approximate surface area is 150 Å². The molecule has 0 spiro atoms. The number of para-hydroxylation sites is 1. The minimum Gasteiger partial charge on any atom is -0.409 e. The van der Waals surface area contributed by atoms with Gasteiger partial charge in [-0.1, -0.05) is 60.1 Å². The second-order valence-electron chi connectivity index (χ2n) is 5.22. The van der Waals surface area contributed by atoms with Gasteiger partial charge in [-0.2, -0.15) is 0 Å². The third-order valence-electron chi connectivity index (χ3n) is 3.45. The number of anilines is 1. The SMILES string of the molecule is O=C(Nc1ccccc1)Oc1ccc(Cl)cc1C(=O)c1ccccc1. The zero-order valence-electron chi connectivity index (χ0n) is 13.1. The Bertz CT molecular complexity index is 895. The van der Waals surface area contributed by atoms with Gasteiger partial charge in [0.2, 0.25) is 0 Å². The lowest BCUT2D eigenvalue weighted by atomic mass is 10.0. The summed E-state index contributed by atoms with van der Waals surface area (Å²) in [4.78, 5) is 24.8. The van der Waals surface area contributed by atoms with Crippen LogP contribution in [-0.2, 0) is 0 Å². The van der Waals surface area contributed by atoms with E-state index in [0.717, 1.165) is 0 Å². The lowest BCUT2D eigenvalue weighted by Crippen LogP contribution is -2.18. The summed E-state index contributed by atoms with van der Waals surface area (Å²) >= 11 is 6.01. The number of nitrogens with one attached hydrogen (secondary N) is 1. The zero-order chi connectivity index (χ0) is 17.6. The highest BCUT2D eigenvalue weighted by Crippen LogP contribution is 2.26. The number of carbonyl (C=O) groups excluding carboxylic acids is 2. The van der Waals surface area contributed by atoms with E-state index in [-0.39, 0.29) is 17.1 Å². The summed E-state index contributed by atoms with van der Waals surface area (Å²) in [5.74, 6) is -0.128. The summed E-state index contributed by atoms with van der Waals surface area (Å²) in [6, 6.07) is 22.2. The van der Waals surface area contributed by atoms with Crippen molar-refractivity contribution in [1.29, 1.82) is 0 Å². The van der Waals surface area contributed by atoms with Crippen LogP contribution in [0.5, 0.6) is 5.75 Å². The Hall–Kier alpha value is -3.11. The molecule has 0 aliphatic heterocycles. The average Bonchev–Trinajstić information content (AvgIpc) is 2.64. The number of ketones is 1. The molecule has 0 aliphatic rings. The van der Waals surface area contributed by atoms with Gasteiger partial charge < -0.3 is 4.74 Å². The first-order valence-electron chi connectivity index (χ1n) is 7.56. The molecule has 3 aromatic rings. The molecule has 0 atom stereocenters. The summed E-state index contributed by atoms with van der Waals surface area (Å²) in [6.07, 6.45) is -0.685. The highest BCUT2D eigenvalue weighted by atomic mass is 35.5. The first-order chi connectivity index (χ1) is 12.1. The minimum atomic E-state index is -0.685. The van der Waals surface area contributed by atoms with Crippen molar-refractivity contribution in [2.24, 2.45) is 0 Å². The molecule has 0 radical (unpaired) electrons. The summed E-state index contributed by atoms with van der Waals surface area (Å²) in [5, 5.41) is 2.99. The summed E-state index contributed by atoms with van der Waals surface area (Å²) < 4.78 is 5.32. The number of hydrogen-bond donors (Lipinski definition) is 1. The molecule has 1 N–H and O–H groups in total. The Morgan fingerprint density at radius 3 is 2.16 bits per heavy atom. The highest BCUT2D eigenvalue weighted by Gasteiger charge is 2.17. The molecule has 124 valence electrons. The molecule has 5 heteroatoms. The van der Waals surface area contributed by atoms with Gasteiger partial charge in [-0.3, -0.25) is 10.1 Å². The first kappa shape index (κ1) is 16.7. The van der Waals surface area contributed by atoms with E-state index in [0.29, 0.717) is 16.3 Å². The van der Waals surface area contributed by atoms with E-state index in [2.05, 4.69) is 5.32 Å². The predicted molar refractivity (Wildman–Crippen MR) is 97.4 cm³/mol. The van der Waals surface area contributed by atoms with Crippen LogP contribution in [0, 0.1) is 0 Å². The Morgan fingerprint density at radius 1 is 0.840 bits per heavy atom. The van der Waals surface area contributed by atoms with Crippen molar-refractivity contribution >= 4 is 29.2 Å². The molecular weight excluding hydrogens is 338 g/mol. The monoisotopic (exact) mass is 351 g/mol. The molecule has 0 unspecified atom stereocenters. The van der Waals surface area contributed by atoms with Gasteiger partial charge in [-0.05, 0) is 30.3 Å². The second-order valence-corrected chi connectivity index (χ2v) is 5.65. The minimum absolute atomic E-state index is 0.145. The standard InChI is InChI=1S/C20H14ClNO3/c21-15-11-12-18(25-20(24)22-16-9-5-2-6-10-16)17(13-15)19(23)14-7-3-1-4-8-14/h1-13H,(H,22,24). The number of ether oxygens (including phenoxy) is 1. The predicted octanol–water partition coefficient (Wildman–Crippen LogP) is 5.18. The van der Waals surface area contributed by atoms with Crippen molar-refractivity contribution < 1.29 is 14.3 Å². The van der Waals surface area contributed by atoms with E-state index in [4.69, 9.17) is 16.3 Å². The maximum atomic E-state index is 12.7. The lowest BCUT2D eigenvalue weighted by Gasteiger charge is -2.11. The van der Waals surface area contributed by atoms with Gasteiger partial charge in [0.1, 0.15) is 5.75 Å². The molecule has 25 heavy (non-hydrogen) atoms. The van der Waals surface area contributed by atoms with Crippen LogP contribution in [0.4, 0.5) is 10.5 Å². The van der Waals surface area contributed by atoms with Crippen molar-refractivity contribution in [3.05, 3.63) is 95.0 Å². The molecular formula is C20H14ClNO3. The van der Waals surface area contributed by atoms with Crippen molar-refractivity contribution in [2.75, 3.05) is 5.32 Å². The zero-order valence-corrected chi connectivity index (χ0v) is 13.9. The van der Waals surface area contributed by atoms with Gasteiger partial charge in [0.05, 0.1) is 5.56 Å². The normalized spacial score (nSPS) is 10.1. The van der Waals surface area contributed by atoms with Crippen LogP contribution in [0.2, 0.25) is 5.02 Å². The molecule has 0 fully saturated rings. The molecule has 0 aliphatic carbocycles. The largest absolute Gasteiger partial charge is 0.417 e. The van der Waals surface area contributed by atoms with Crippen molar-refractivity contribution in [2.45, 2.75) is 0 Å². The summed E-state index contributed by atoms with van der Waals surface area (Å²) in [7, 11) is 0. The van der Waals surface area contributed by atoms with Crippen LogP contribution in [0.25, 0.3) is 0 Å². The molecule has 0 bridgehead atoms. The fraction of sp³-hybridized carbons (Fsp3) is 0. The van der Waals surface area contributed by atoms with Crippen molar-refractivity contribution in [1.82, 2.24) is 0 Å². The molecule has 0 saturated heterocycles. The van der Waals surface area contributed by atoms with Gasteiger partial charge >= 0.3 is 6.09 Å². The summed E-state index contributed by atoms with van der Waals surface area (Å²) in [6.45, 7) is 0. The van der Waals surface area contributed by atoms with Gasteiger partial charge in [0, 0.05) is 16.3 Å². The van der Waals surface area contributed by atoms with E-state index in [9.17, 15) is 9.59 Å². The number of hydrogen-bond acceptors (Lipinski definition) is 3. The number of halogens is 1. The van der Waals surface area contributed by atoms with E-state index in [1.165, 1.54) is 12.1 Å². The molecule has 0 heterocycles. The topological polar surface area (TPSA) is 55.4 Å². The smallest absolute Gasteiger partial charge is 0.409 e. The average molecular weight is 352 g/mol. The number of amides is 1. The van der Waals surface area contributed by atoms with Crippen LogP contribution in [0.3, 0.4) is 0 Å². The highest BCUT2D eigenvalue weighted by molar-refractivity contribution is 6.31. The molecule has 3 rings (SSSR count). The van der Waals surface area contributed by atoms with Crippen LogP contribution in [0.1, 0.15) is 15.9 Å². The van der Waals surface area contributed by atoms with Crippen LogP contribution < -0.4 is 10.1 Å². The summed E-state index contributed by atoms with van der Waals surface area (Å²) in [5.41, 5.74) is 1.30. The third kappa shape index (κ3) is 4.25. The first-order valence-corrected chi connectivity index (χ1v) is 7.94. The molecule has 0 saturated carbocycles. The van der Waals surface area contributed by atoms with Crippen LogP contribution in [0.15, 0.2) is 78.9 Å². The Morgan fingerprint density at radius 2 is 1.48 bits per heavy atom. The van der Waals surface area contributed by atoms with Gasteiger partial charge in [-0.25, -0.2) is 4.79 Å². The number of benzene rings is 3. The fourth-order valence-corrected chi connectivity index (χ4v) is 2.45. The van der Waals surface area contributed by atoms with Crippen LogP contribution in [-0.4, -0.2) is 11.9 Å². The van der Waals surface area contributed by atoms with E-state index >= 15 is 0 Å². The number of rotatable bonds is 4. The van der Waals surface area contributed by atoms with Gasteiger partial charge in [0.15, 0.2) is 5.78 Å². The second kappa shape index (κ2) is 7.64. The van der Waals surface area contributed by atoms with Gasteiger partial charge in [0.25, 0.3) is 0 Å². The van der Waals surface area contributed by atoms with Gasteiger partial charge in [-0.15, -0.1) is 0 Å². The molecule has 4 nitrogen and oxygen atoms in total.